The van der Waals surface area contributed by atoms with Gasteiger partial charge in [-0.2, -0.15) is 0 Å². The van der Waals surface area contributed by atoms with E-state index in [0.717, 1.165) is 19.0 Å². The van der Waals surface area contributed by atoms with Crippen LogP contribution in [0.5, 0.6) is 0 Å². The Balaban J connectivity index is 1.89. The van der Waals surface area contributed by atoms with E-state index in [2.05, 4.69) is 24.1 Å². The van der Waals surface area contributed by atoms with E-state index in [9.17, 15) is 0 Å². The summed E-state index contributed by atoms with van der Waals surface area (Å²) in [5.41, 5.74) is 2.78. The highest BCUT2D eigenvalue weighted by Gasteiger charge is 2.28. The van der Waals surface area contributed by atoms with E-state index in [1.54, 1.807) is 0 Å². The first-order chi connectivity index (χ1) is 8.25. The highest BCUT2D eigenvalue weighted by Crippen LogP contribution is 2.39. The quantitative estimate of drug-likeness (QED) is 0.843. The highest BCUT2D eigenvalue weighted by atomic mass is 15.0. The number of imidazole rings is 1. The minimum Gasteiger partial charge on any atom is -0.345 e. The van der Waals surface area contributed by atoms with Crippen LogP contribution in [0.4, 0.5) is 0 Å². The number of rotatable bonds is 3. The van der Waals surface area contributed by atoms with Gasteiger partial charge in [0.25, 0.3) is 0 Å². The van der Waals surface area contributed by atoms with Crippen LogP contribution in [0.3, 0.4) is 0 Å². The molecule has 3 nitrogen and oxygen atoms in total. The lowest BCUT2D eigenvalue weighted by molar-refractivity contribution is 0.408. The van der Waals surface area contributed by atoms with E-state index in [4.69, 9.17) is 4.98 Å². The first kappa shape index (κ1) is 11.3. The summed E-state index contributed by atoms with van der Waals surface area (Å²) >= 11 is 0. The Hall–Kier alpha value is -0.830. The fraction of sp³-hybridized carbons (Fsp3) is 0.786. The van der Waals surface area contributed by atoms with E-state index in [0.29, 0.717) is 11.8 Å². The molecular weight excluding hydrogens is 210 g/mol. The maximum absolute atomic E-state index is 4.90. The van der Waals surface area contributed by atoms with Crippen LogP contribution in [0.15, 0.2) is 0 Å². The Morgan fingerprint density at radius 2 is 2.00 bits per heavy atom. The van der Waals surface area contributed by atoms with Gasteiger partial charge in [-0.1, -0.05) is 20.3 Å². The topological polar surface area (TPSA) is 40.7 Å². The number of aromatic nitrogens is 2. The zero-order valence-corrected chi connectivity index (χ0v) is 10.9. The normalized spacial score (nSPS) is 25.5. The van der Waals surface area contributed by atoms with E-state index in [-0.39, 0.29) is 0 Å². The van der Waals surface area contributed by atoms with Crippen LogP contribution in [0.25, 0.3) is 0 Å². The molecule has 1 aromatic heterocycles. The number of aromatic amines is 1. The molecule has 2 fully saturated rings. The summed E-state index contributed by atoms with van der Waals surface area (Å²) in [6.45, 7) is 6.75. The monoisotopic (exact) mass is 233 g/mol. The van der Waals surface area contributed by atoms with Gasteiger partial charge in [-0.3, -0.25) is 0 Å². The fourth-order valence-corrected chi connectivity index (χ4v) is 2.95. The number of nitrogens with one attached hydrogen (secondary N) is 2. The third kappa shape index (κ3) is 2.01. The summed E-state index contributed by atoms with van der Waals surface area (Å²) in [7, 11) is 0. The summed E-state index contributed by atoms with van der Waals surface area (Å²) in [5, 5.41) is 3.43. The molecule has 1 saturated carbocycles. The summed E-state index contributed by atoms with van der Waals surface area (Å²) in [5.74, 6) is 3.16. The SMILES string of the molecule is CC(C)c1nc(C2CCNC2)[nH]c1C1CCC1. The summed E-state index contributed by atoms with van der Waals surface area (Å²) in [4.78, 5) is 8.55. The molecule has 2 N–H and O–H groups in total. The van der Waals surface area contributed by atoms with Crippen LogP contribution in [0, 0.1) is 0 Å². The molecule has 94 valence electrons. The van der Waals surface area contributed by atoms with Crippen LogP contribution < -0.4 is 5.32 Å². The molecule has 2 aliphatic rings. The van der Waals surface area contributed by atoms with Crippen molar-refractivity contribution in [3.63, 3.8) is 0 Å². The van der Waals surface area contributed by atoms with Crippen LogP contribution in [0.1, 0.15) is 74.5 Å². The third-order valence-corrected chi connectivity index (χ3v) is 4.29. The van der Waals surface area contributed by atoms with Crippen molar-refractivity contribution in [2.24, 2.45) is 0 Å². The minimum atomic E-state index is 0.546. The lowest BCUT2D eigenvalue weighted by Gasteiger charge is -2.25. The average molecular weight is 233 g/mol. The standard InChI is InChI=1S/C14H23N3/c1-9(2)12-13(10-4-3-5-10)17-14(16-12)11-6-7-15-8-11/h9-11,15H,3-8H2,1-2H3,(H,16,17). The van der Waals surface area contributed by atoms with Gasteiger partial charge in [0.2, 0.25) is 0 Å². The van der Waals surface area contributed by atoms with Gasteiger partial charge in [-0.05, 0) is 31.7 Å². The van der Waals surface area contributed by atoms with Gasteiger partial charge in [0.1, 0.15) is 5.82 Å². The molecule has 3 heteroatoms. The first-order valence-corrected chi connectivity index (χ1v) is 7.06. The molecule has 1 aliphatic heterocycles. The summed E-state index contributed by atoms with van der Waals surface area (Å²) in [6.07, 6.45) is 5.32. The zero-order chi connectivity index (χ0) is 11.8. The molecule has 1 unspecified atom stereocenters. The molecule has 0 amide bonds. The summed E-state index contributed by atoms with van der Waals surface area (Å²) < 4.78 is 0. The van der Waals surface area contributed by atoms with Crippen molar-refractivity contribution >= 4 is 0 Å². The molecule has 1 saturated heterocycles. The van der Waals surface area contributed by atoms with Gasteiger partial charge < -0.3 is 10.3 Å². The van der Waals surface area contributed by atoms with Gasteiger partial charge in [-0.15, -0.1) is 0 Å². The van der Waals surface area contributed by atoms with E-state index in [1.165, 1.54) is 42.9 Å². The molecule has 0 bridgehead atoms. The first-order valence-electron chi connectivity index (χ1n) is 7.06. The van der Waals surface area contributed by atoms with Crippen LogP contribution in [-0.4, -0.2) is 23.1 Å². The van der Waals surface area contributed by atoms with Crippen molar-refractivity contribution in [2.45, 2.75) is 57.3 Å². The van der Waals surface area contributed by atoms with Gasteiger partial charge in [0, 0.05) is 24.1 Å². The Morgan fingerprint density at radius 3 is 2.53 bits per heavy atom. The number of nitrogens with zero attached hydrogens (tertiary/aromatic N) is 1. The molecular formula is C14H23N3. The van der Waals surface area contributed by atoms with Crippen molar-refractivity contribution in [1.82, 2.24) is 15.3 Å². The zero-order valence-electron chi connectivity index (χ0n) is 10.9. The lowest BCUT2D eigenvalue weighted by Crippen LogP contribution is -2.12. The van der Waals surface area contributed by atoms with Gasteiger partial charge in [-0.25, -0.2) is 4.98 Å². The smallest absolute Gasteiger partial charge is 0.111 e. The number of hydrogen-bond acceptors (Lipinski definition) is 2. The molecule has 0 spiro atoms. The third-order valence-electron chi connectivity index (χ3n) is 4.29. The molecule has 3 rings (SSSR count). The molecule has 0 aromatic carbocycles. The number of H-pyrrole nitrogens is 1. The molecule has 1 aromatic rings. The number of hydrogen-bond donors (Lipinski definition) is 2. The van der Waals surface area contributed by atoms with Gasteiger partial charge in [0.05, 0.1) is 5.69 Å². The second-order valence-electron chi connectivity index (χ2n) is 5.89. The fourth-order valence-electron chi connectivity index (χ4n) is 2.95. The van der Waals surface area contributed by atoms with Crippen molar-refractivity contribution in [1.29, 1.82) is 0 Å². The highest BCUT2D eigenvalue weighted by molar-refractivity contribution is 5.25. The second-order valence-corrected chi connectivity index (χ2v) is 5.89. The van der Waals surface area contributed by atoms with Crippen LogP contribution >= 0.6 is 0 Å². The van der Waals surface area contributed by atoms with Crippen molar-refractivity contribution < 1.29 is 0 Å². The molecule has 2 heterocycles. The second kappa shape index (κ2) is 4.45. The molecule has 1 aliphatic carbocycles. The summed E-state index contributed by atoms with van der Waals surface area (Å²) in [6, 6.07) is 0. The minimum absolute atomic E-state index is 0.546. The molecule has 17 heavy (non-hydrogen) atoms. The Labute approximate surface area is 103 Å². The molecule has 0 radical (unpaired) electrons. The van der Waals surface area contributed by atoms with Crippen LogP contribution in [-0.2, 0) is 0 Å². The van der Waals surface area contributed by atoms with Crippen LogP contribution in [0.2, 0.25) is 0 Å². The predicted molar refractivity (Wildman–Crippen MR) is 69.5 cm³/mol. The Kier molecular flexibility index (Phi) is 2.95. The average Bonchev–Trinajstić information content (AvgIpc) is 2.80. The van der Waals surface area contributed by atoms with E-state index < -0.39 is 0 Å². The Morgan fingerprint density at radius 1 is 1.18 bits per heavy atom. The largest absolute Gasteiger partial charge is 0.345 e. The maximum atomic E-state index is 4.90. The maximum Gasteiger partial charge on any atom is 0.111 e. The van der Waals surface area contributed by atoms with E-state index in [1.807, 2.05) is 0 Å². The van der Waals surface area contributed by atoms with Gasteiger partial charge in [0.15, 0.2) is 0 Å². The lowest BCUT2D eigenvalue weighted by atomic mass is 9.81. The Bertz CT molecular complexity index is 384. The van der Waals surface area contributed by atoms with Crippen molar-refractivity contribution in [3.8, 4) is 0 Å². The van der Waals surface area contributed by atoms with E-state index >= 15 is 0 Å². The van der Waals surface area contributed by atoms with Gasteiger partial charge >= 0.3 is 0 Å². The molecule has 1 atom stereocenters. The van der Waals surface area contributed by atoms with Crippen molar-refractivity contribution in [2.75, 3.05) is 13.1 Å². The van der Waals surface area contributed by atoms with Crippen molar-refractivity contribution in [3.05, 3.63) is 17.2 Å². The predicted octanol–water partition coefficient (Wildman–Crippen LogP) is 2.88.